The first-order valence-electron chi connectivity index (χ1n) is 9.70. The lowest BCUT2D eigenvalue weighted by molar-refractivity contribution is 0.0269. The van der Waals surface area contributed by atoms with Crippen molar-refractivity contribution in [3.05, 3.63) is 78.4 Å². The van der Waals surface area contributed by atoms with Crippen LogP contribution >= 0.6 is 0 Å². The fourth-order valence-corrected chi connectivity index (χ4v) is 3.72. The molecule has 4 rings (SSSR count). The molecule has 0 N–H and O–H groups in total. The molecule has 144 valence electrons. The molecule has 5 heteroatoms. The molecular formula is C23H25N3O2. The summed E-state index contributed by atoms with van der Waals surface area (Å²) in [4.78, 5) is 18.9. The average Bonchev–Trinajstić information content (AvgIpc) is 3.27. The second-order valence-corrected chi connectivity index (χ2v) is 7.26. The molecule has 2 aromatic carbocycles. The van der Waals surface area contributed by atoms with Crippen molar-refractivity contribution >= 4 is 5.91 Å². The number of ether oxygens (including phenoxy) is 1. The van der Waals surface area contributed by atoms with Crippen molar-refractivity contribution in [3.63, 3.8) is 0 Å². The van der Waals surface area contributed by atoms with E-state index in [0.717, 1.165) is 42.6 Å². The maximum Gasteiger partial charge on any atom is 0.253 e. The average molecular weight is 375 g/mol. The van der Waals surface area contributed by atoms with Crippen LogP contribution in [0, 0.1) is 0 Å². The number of imidazole rings is 1. The molecule has 0 spiro atoms. The molecule has 1 amide bonds. The summed E-state index contributed by atoms with van der Waals surface area (Å²) in [6, 6.07) is 16.4. The van der Waals surface area contributed by atoms with Gasteiger partial charge in [0, 0.05) is 44.7 Å². The predicted octanol–water partition coefficient (Wildman–Crippen LogP) is 3.85. The Morgan fingerprint density at radius 3 is 2.79 bits per heavy atom. The highest BCUT2D eigenvalue weighted by molar-refractivity contribution is 5.95. The number of aromatic nitrogens is 2. The molecule has 28 heavy (non-hydrogen) atoms. The molecular weight excluding hydrogens is 350 g/mol. The summed E-state index contributed by atoms with van der Waals surface area (Å²) in [5, 5.41) is 0. The lowest BCUT2D eigenvalue weighted by atomic mass is 10.0. The van der Waals surface area contributed by atoms with Crippen LogP contribution in [0.15, 0.2) is 67.3 Å². The molecule has 5 nitrogen and oxygen atoms in total. The summed E-state index contributed by atoms with van der Waals surface area (Å²) < 4.78 is 7.49. The summed E-state index contributed by atoms with van der Waals surface area (Å²) in [5.41, 5.74) is 4.11. The summed E-state index contributed by atoms with van der Waals surface area (Å²) in [7, 11) is 1.72. The molecule has 0 radical (unpaired) electrons. The number of carbonyl (C=O) groups excluding carboxylic acids is 1. The number of amides is 1. The van der Waals surface area contributed by atoms with Gasteiger partial charge in [-0.3, -0.25) is 4.79 Å². The topological polar surface area (TPSA) is 47.4 Å². The highest BCUT2D eigenvalue weighted by Gasteiger charge is 2.24. The predicted molar refractivity (Wildman–Crippen MR) is 109 cm³/mol. The van der Waals surface area contributed by atoms with Crippen molar-refractivity contribution in [2.24, 2.45) is 0 Å². The van der Waals surface area contributed by atoms with E-state index in [1.165, 1.54) is 5.56 Å². The zero-order chi connectivity index (χ0) is 19.3. The smallest absolute Gasteiger partial charge is 0.253 e. The first kappa shape index (κ1) is 18.4. The number of methoxy groups -OCH3 is 1. The Morgan fingerprint density at radius 1 is 1.18 bits per heavy atom. The lowest BCUT2D eigenvalue weighted by Crippen LogP contribution is -2.42. The van der Waals surface area contributed by atoms with Gasteiger partial charge in [-0.2, -0.15) is 0 Å². The SMILES string of the molecule is CO[C@@H]1CCCN(C(=O)c2cccc(-c3ccc(Cn4ccnc4)cc3)c2)C1. The van der Waals surface area contributed by atoms with E-state index in [1.807, 2.05) is 40.2 Å². The molecule has 2 heterocycles. The molecule has 3 aromatic rings. The van der Waals surface area contributed by atoms with Crippen LogP contribution in [0.3, 0.4) is 0 Å². The first-order chi connectivity index (χ1) is 13.7. The minimum Gasteiger partial charge on any atom is -0.380 e. The van der Waals surface area contributed by atoms with E-state index in [9.17, 15) is 4.79 Å². The van der Waals surface area contributed by atoms with Gasteiger partial charge in [0.2, 0.25) is 0 Å². The van der Waals surface area contributed by atoms with Crippen molar-refractivity contribution in [2.45, 2.75) is 25.5 Å². The molecule has 1 aliphatic rings. The molecule has 0 saturated carbocycles. The van der Waals surface area contributed by atoms with Crippen molar-refractivity contribution in [1.29, 1.82) is 0 Å². The fraction of sp³-hybridized carbons (Fsp3) is 0.304. The van der Waals surface area contributed by atoms with Crippen molar-refractivity contribution in [2.75, 3.05) is 20.2 Å². The molecule has 1 fully saturated rings. The maximum atomic E-state index is 12.9. The van der Waals surface area contributed by atoms with Crippen LogP contribution in [0.5, 0.6) is 0 Å². The number of benzene rings is 2. The fourth-order valence-electron chi connectivity index (χ4n) is 3.72. The van der Waals surface area contributed by atoms with Gasteiger partial charge in [0.1, 0.15) is 0 Å². The molecule has 0 aliphatic carbocycles. The van der Waals surface area contributed by atoms with E-state index in [0.29, 0.717) is 6.54 Å². The number of likely N-dealkylation sites (tertiary alicyclic amines) is 1. The van der Waals surface area contributed by atoms with E-state index in [2.05, 4.69) is 35.3 Å². The number of hydrogen-bond donors (Lipinski definition) is 0. The highest BCUT2D eigenvalue weighted by atomic mass is 16.5. The monoisotopic (exact) mass is 375 g/mol. The molecule has 0 bridgehead atoms. The van der Waals surface area contributed by atoms with E-state index in [1.54, 1.807) is 13.3 Å². The lowest BCUT2D eigenvalue weighted by Gasteiger charge is -2.32. The van der Waals surface area contributed by atoms with Crippen LogP contribution < -0.4 is 0 Å². The second-order valence-electron chi connectivity index (χ2n) is 7.26. The Morgan fingerprint density at radius 2 is 2.04 bits per heavy atom. The van der Waals surface area contributed by atoms with Gasteiger partial charge in [-0.05, 0) is 41.7 Å². The highest BCUT2D eigenvalue weighted by Crippen LogP contribution is 2.23. The molecule has 1 aliphatic heterocycles. The molecule has 1 aromatic heterocycles. The normalized spacial score (nSPS) is 16.9. The van der Waals surface area contributed by atoms with Gasteiger partial charge in [0.05, 0.1) is 12.4 Å². The van der Waals surface area contributed by atoms with Crippen LogP contribution in [-0.2, 0) is 11.3 Å². The number of nitrogens with zero attached hydrogens (tertiary/aromatic N) is 3. The summed E-state index contributed by atoms with van der Waals surface area (Å²) in [6.45, 7) is 2.27. The van der Waals surface area contributed by atoms with E-state index < -0.39 is 0 Å². The van der Waals surface area contributed by atoms with Crippen LogP contribution in [0.4, 0.5) is 0 Å². The largest absolute Gasteiger partial charge is 0.380 e. The van der Waals surface area contributed by atoms with Gasteiger partial charge in [0.15, 0.2) is 0 Å². The van der Waals surface area contributed by atoms with Gasteiger partial charge in [-0.15, -0.1) is 0 Å². The maximum absolute atomic E-state index is 12.9. The number of piperidine rings is 1. The zero-order valence-corrected chi connectivity index (χ0v) is 16.1. The first-order valence-corrected chi connectivity index (χ1v) is 9.70. The Kier molecular flexibility index (Phi) is 5.53. The van der Waals surface area contributed by atoms with Gasteiger partial charge in [-0.1, -0.05) is 36.4 Å². The van der Waals surface area contributed by atoms with Gasteiger partial charge >= 0.3 is 0 Å². The van der Waals surface area contributed by atoms with Crippen LogP contribution in [-0.4, -0.2) is 46.7 Å². The van der Waals surface area contributed by atoms with Crippen molar-refractivity contribution in [1.82, 2.24) is 14.5 Å². The van der Waals surface area contributed by atoms with Crippen LogP contribution in [0.1, 0.15) is 28.8 Å². The Bertz CT molecular complexity index is 919. The summed E-state index contributed by atoms with van der Waals surface area (Å²) >= 11 is 0. The third-order valence-electron chi connectivity index (χ3n) is 5.32. The minimum absolute atomic E-state index is 0.0836. The minimum atomic E-state index is 0.0836. The Labute approximate surface area is 165 Å². The number of hydrogen-bond acceptors (Lipinski definition) is 3. The van der Waals surface area contributed by atoms with Gasteiger partial charge in [0.25, 0.3) is 5.91 Å². The summed E-state index contributed by atoms with van der Waals surface area (Å²) in [6.07, 6.45) is 7.71. The Hall–Kier alpha value is -2.92. The molecule has 1 atom stereocenters. The third-order valence-corrected chi connectivity index (χ3v) is 5.32. The quantitative estimate of drug-likeness (QED) is 0.681. The third kappa shape index (κ3) is 4.15. The molecule has 0 unspecified atom stereocenters. The van der Waals surface area contributed by atoms with E-state index in [4.69, 9.17) is 4.74 Å². The second kappa shape index (κ2) is 8.40. The van der Waals surface area contributed by atoms with E-state index in [-0.39, 0.29) is 12.0 Å². The number of carbonyl (C=O) groups is 1. The zero-order valence-electron chi connectivity index (χ0n) is 16.1. The van der Waals surface area contributed by atoms with Crippen LogP contribution in [0.25, 0.3) is 11.1 Å². The molecule has 1 saturated heterocycles. The van der Waals surface area contributed by atoms with Crippen molar-refractivity contribution in [3.8, 4) is 11.1 Å². The summed E-state index contributed by atoms with van der Waals surface area (Å²) in [5.74, 6) is 0.0836. The van der Waals surface area contributed by atoms with Gasteiger partial charge in [-0.25, -0.2) is 4.98 Å². The number of rotatable bonds is 5. The van der Waals surface area contributed by atoms with Gasteiger partial charge < -0.3 is 14.2 Å². The van der Waals surface area contributed by atoms with E-state index >= 15 is 0 Å². The Balaban J connectivity index is 1.49. The standard InChI is InChI=1S/C23H25N3O2/c1-28-22-6-3-12-26(16-22)23(27)21-5-2-4-20(14-21)19-9-7-18(8-10-19)15-25-13-11-24-17-25/h2,4-5,7-11,13-14,17,22H,3,6,12,15-16H2,1H3/t22-/m1/s1. The van der Waals surface area contributed by atoms with Crippen LogP contribution in [0.2, 0.25) is 0 Å². The van der Waals surface area contributed by atoms with Crippen molar-refractivity contribution < 1.29 is 9.53 Å².